The number of ether oxygens (including phenoxy) is 1. The lowest BCUT2D eigenvalue weighted by molar-refractivity contribution is -0.142. The quantitative estimate of drug-likeness (QED) is 0.665. The van der Waals surface area contributed by atoms with Gasteiger partial charge in [-0.1, -0.05) is 0 Å². The van der Waals surface area contributed by atoms with E-state index in [0.29, 0.717) is 18.4 Å². The minimum absolute atomic E-state index is 0.00107. The number of fused-ring (bicyclic) bond motifs is 2. The molecule has 0 aromatic rings. The molecule has 7 atom stereocenters. The maximum Gasteiger partial charge on any atom is 0.410 e. The van der Waals surface area contributed by atoms with Crippen LogP contribution in [0.3, 0.4) is 0 Å². The van der Waals surface area contributed by atoms with Gasteiger partial charge in [-0.15, -0.1) is 0 Å². The van der Waals surface area contributed by atoms with E-state index in [1.54, 1.807) is 14.0 Å². The maximum absolute atomic E-state index is 13.0. The molecule has 2 saturated heterocycles. The molecule has 2 saturated carbocycles. The van der Waals surface area contributed by atoms with E-state index in [9.17, 15) is 18.0 Å². The second kappa shape index (κ2) is 8.76. The summed E-state index contributed by atoms with van der Waals surface area (Å²) in [6.45, 7) is 7.82. The Bertz CT molecular complexity index is 849. The van der Waals surface area contributed by atoms with Gasteiger partial charge in [0.25, 0.3) is 10.2 Å². The molecular formula is C22H38N4O5S. The SMILES string of the molecule is CC(=O)N1C2CCC(C3CCC4NS(=O)(=O)N(C)C4C3)CC2N(C(=O)OC(C)C)C[C@@H]1C. The van der Waals surface area contributed by atoms with Crippen LogP contribution in [0.2, 0.25) is 0 Å². The van der Waals surface area contributed by atoms with Gasteiger partial charge in [0, 0.05) is 38.6 Å². The van der Waals surface area contributed by atoms with Crippen LogP contribution in [0.25, 0.3) is 0 Å². The van der Waals surface area contributed by atoms with Crippen molar-refractivity contribution in [3.8, 4) is 0 Å². The zero-order chi connectivity index (χ0) is 23.4. The largest absolute Gasteiger partial charge is 0.447 e. The molecule has 0 aromatic carbocycles. The molecule has 182 valence electrons. The normalized spacial score (nSPS) is 39.5. The van der Waals surface area contributed by atoms with E-state index in [1.807, 2.05) is 30.6 Å². The molecule has 2 amide bonds. The summed E-state index contributed by atoms with van der Waals surface area (Å²) in [5.74, 6) is 0.889. The van der Waals surface area contributed by atoms with E-state index in [4.69, 9.17) is 4.74 Å². The van der Waals surface area contributed by atoms with Gasteiger partial charge < -0.3 is 14.5 Å². The number of nitrogens with zero attached hydrogens (tertiary/aromatic N) is 3. The fourth-order valence-electron chi connectivity index (χ4n) is 6.71. The Morgan fingerprint density at radius 2 is 1.62 bits per heavy atom. The lowest BCUT2D eigenvalue weighted by atomic mass is 9.68. The summed E-state index contributed by atoms with van der Waals surface area (Å²) in [6.07, 6.45) is 4.89. The van der Waals surface area contributed by atoms with Crippen LogP contribution >= 0.6 is 0 Å². The first-order chi connectivity index (χ1) is 15.0. The van der Waals surface area contributed by atoms with Crippen molar-refractivity contribution in [3.63, 3.8) is 0 Å². The zero-order valence-electron chi connectivity index (χ0n) is 19.9. The molecule has 4 fully saturated rings. The van der Waals surface area contributed by atoms with Crippen LogP contribution in [0, 0.1) is 11.8 Å². The van der Waals surface area contributed by atoms with E-state index < -0.39 is 10.2 Å². The summed E-state index contributed by atoms with van der Waals surface area (Å²) in [5, 5.41) is 0. The minimum atomic E-state index is -3.37. The highest BCUT2D eigenvalue weighted by atomic mass is 32.2. The molecule has 0 bridgehead atoms. The molecule has 1 N–H and O–H groups in total. The summed E-state index contributed by atoms with van der Waals surface area (Å²) >= 11 is 0. The van der Waals surface area contributed by atoms with Gasteiger partial charge in [0.05, 0.1) is 18.2 Å². The third kappa shape index (κ3) is 4.25. The number of hydrogen-bond acceptors (Lipinski definition) is 5. The van der Waals surface area contributed by atoms with E-state index in [-0.39, 0.29) is 48.3 Å². The monoisotopic (exact) mass is 470 g/mol. The summed E-state index contributed by atoms with van der Waals surface area (Å²) in [5.41, 5.74) is 0. The van der Waals surface area contributed by atoms with Crippen molar-refractivity contribution in [3.05, 3.63) is 0 Å². The fourth-order valence-corrected chi connectivity index (χ4v) is 8.12. The van der Waals surface area contributed by atoms with Crippen LogP contribution in [0.15, 0.2) is 0 Å². The number of nitrogens with one attached hydrogen (secondary N) is 1. The summed E-state index contributed by atoms with van der Waals surface area (Å²) < 4.78 is 34.4. The number of piperazine rings is 1. The van der Waals surface area contributed by atoms with E-state index >= 15 is 0 Å². The van der Waals surface area contributed by atoms with Crippen LogP contribution in [0.5, 0.6) is 0 Å². The first-order valence-electron chi connectivity index (χ1n) is 12.0. The first-order valence-corrected chi connectivity index (χ1v) is 13.4. The fraction of sp³-hybridized carbons (Fsp3) is 0.909. The first kappa shape index (κ1) is 23.8. The standard InChI is InChI=1S/C22H38N4O5S/c1-13(2)31-22(28)25-12-14(3)26(15(4)27)19-9-7-17(11-21(19)25)16-6-8-18-20(10-16)24(5)32(29,30)23-18/h13-14,16-21,23H,6-12H2,1-5H3/t14-,16?,17?,18?,19?,20?,21?/m0/s1. The highest BCUT2D eigenvalue weighted by Crippen LogP contribution is 2.44. The smallest absolute Gasteiger partial charge is 0.410 e. The summed E-state index contributed by atoms with van der Waals surface area (Å²) in [6, 6.07) is -0.0815. The van der Waals surface area contributed by atoms with Crippen molar-refractivity contribution in [2.45, 2.75) is 103 Å². The highest BCUT2D eigenvalue weighted by molar-refractivity contribution is 7.87. The van der Waals surface area contributed by atoms with Gasteiger partial charge in [0.1, 0.15) is 0 Å². The number of amides is 2. The van der Waals surface area contributed by atoms with Crippen molar-refractivity contribution in [2.24, 2.45) is 11.8 Å². The molecule has 2 aliphatic carbocycles. The number of carbonyl (C=O) groups is 2. The molecule has 0 radical (unpaired) electrons. The minimum Gasteiger partial charge on any atom is -0.447 e. The third-order valence-corrected chi connectivity index (χ3v) is 9.75. The molecule has 10 heteroatoms. The van der Waals surface area contributed by atoms with Crippen LogP contribution in [0.4, 0.5) is 4.79 Å². The molecule has 0 aromatic heterocycles. The van der Waals surface area contributed by atoms with E-state index in [1.165, 1.54) is 4.31 Å². The van der Waals surface area contributed by atoms with Gasteiger partial charge in [-0.2, -0.15) is 17.4 Å². The molecule has 6 unspecified atom stereocenters. The second-order valence-electron chi connectivity index (χ2n) is 10.5. The van der Waals surface area contributed by atoms with E-state index in [2.05, 4.69) is 4.72 Å². The number of hydrogen-bond donors (Lipinski definition) is 1. The Morgan fingerprint density at radius 1 is 1.00 bits per heavy atom. The summed E-state index contributed by atoms with van der Waals surface area (Å²) in [7, 11) is -1.70. The predicted octanol–water partition coefficient (Wildman–Crippen LogP) is 1.94. The van der Waals surface area contributed by atoms with Crippen LogP contribution in [0.1, 0.15) is 66.2 Å². The highest BCUT2D eigenvalue weighted by Gasteiger charge is 2.51. The zero-order valence-corrected chi connectivity index (χ0v) is 20.7. The Labute approximate surface area is 192 Å². The number of rotatable bonds is 2. The van der Waals surface area contributed by atoms with Gasteiger partial charge in [-0.25, -0.2) is 4.79 Å². The lowest BCUT2D eigenvalue weighted by Crippen LogP contribution is -2.67. The predicted molar refractivity (Wildman–Crippen MR) is 120 cm³/mol. The van der Waals surface area contributed by atoms with Crippen molar-refractivity contribution in [1.82, 2.24) is 18.8 Å². The average Bonchev–Trinajstić information content (AvgIpc) is 2.94. The molecule has 4 rings (SSSR count). The second-order valence-corrected chi connectivity index (χ2v) is 12.2. The summed E-state index contributed by atoms with van der Waals surface area (Å²) in [4.78, 5) is 29.2. The Balaban J connectivity index is 1.52. The van der Waals surface area contributed by atoms with Crippen LogP contribution in [-0.2, 0) is 19.7 Å². The molecule has 0 spiro atoms. The van der Waals surface area contributed by atoms with Crippen molar-refractivity contribution >= 4 is 22.2 Å². The molecule has 4 aliphatic rings. The molecule has 32 heavy (non-hydrogen) atoms. The average molecular weight is 471 g/mol. The number of carbonyl (C=O) groups excluding carboxylic acids is 2. The van der Waals surface area contributed by atoms with Gasteiger partial charge in [0.15, 0.2) is 0 Å². The van der Waals surface area contributed by atoms with Crippen LogP contribution in [-0.4, -0.2) is 84.4 Å². The van der Waals surface area contributed by atoms with Gasteiger partial charge in [-0.05, 0) is 71.1 Å². The maximum atomic E-state index is 13.0. The van der Waals surface area contributed by atoms with Gasteiger partial charge >= 0.3 is 6.09 Å². The van der Waals surface area contributed by atoms with Gasteiger partial charge in [0.2, 0.25) is 5.91 Å². The molecule has 2 aliphatic heterocycles. The van der Waals surface area contributed by atoms with Crippen molar-refractivity contribution in [1.29, 1.82) is 0 Å². The van der Waals surface area contributed by atoms with Crippen molar-refractivity contribution in [2.75, 3.05) is 13.6 Å². The Morgan fingerprint density at radius 3 is 2.25 bits per heavy atom. The lowest BCUT2D eigenvalue weighted by Gasteiger charge is -2.54. The molecule has 2 heterocycles. The van der Waals surface area contributed by atoms with Crippen molar-refractivity contribution < 1.29 is 22.7 Å². The Hall–Kier alpha value is -1.39. The van der Waals surface area contributed by atoms with E-state index in [0.717, 1.165) is 38.5 Å². The Kier molecular flexibility index (Phi) is 6.50. The topological polar surface area (TPSA) is 99.3 Å². The van der Waals surface area contributed by atoms with Gasteiger partial charge in [-0.3, -0.25) is 4.79 Å². The third-order valence-electron chi connectivity index (χ3n) is 8.12. The molecular weight excluding hydrogens is 432 g/mol. The number of likely N-dealkylation sites (N-methyl/N-ethyl adjacent to an activating group) is 1. The molecule has 9 nitrogen and oxygen atoms in total. The van der Waals surface area contributed by atoms with Crippen LogP contribution < -0.4 is 4.72 Å².